The van der Waals surface area contributed by atoms with E-state index in [2.05, 4.69) is 4.98 Å². The maximum atomic E-state index is 11.6. The molecule has 0 amide bonds. The summed E-state index contributed by atoms with van der Waals surface area (Å²) in [5.74, 6) is 0.720. The Labute approximate surface area is 106 Å². The molecule has 0 aliphatic heterocycles. The fourth-order valence-electron chi connectivity index (χ4n) is 1.88. The number of aromatic nitrogens is 2. The van der Waals surface area contributed by atoms with Gasteiger partial charge in [0.2, 0.25) is 0 Å². The number of hydrogen-bond donors (Lipinski definition) is 1. The molecule has 5 nitrogen and oxygen atoms in total. The lowest BCUT2D eigenvalue weighted by Crippen LogP contribution is -2.03. The van der Waals surface area contributed by atoms with Gasteiger partial charge in [0.15, 0.2) is 9.84 Å². The van der Waals surface area contributed by atoms with Crippen LogP contribution in [0.5, 0.6) is 0 Å². The molecular weight excluding hydrogens is 250 g/mol. The predicted molar refractivity (Wildman–Crippen MR) is 70.9 cm³/mol. The Morgan fingerprint density at radius 2 is 2.00 bits per heavy atom. The maximum Gasteiger partial charge on any atom is 0.177 e. The first-order valence-corrected chi connectivity index (χ1v) is 7.28. The third kappa shape index (κ3) is 2.24. The quantitative estimate of drug-likeness (QED) is 0.832. The molecule has 0 saturated carbocycles. The molecule has 6 heteroatoms. The third-order valence-corrected chi connectivity index (χ3v) is 3.82. The molecule has 2 aromatic rings. The summed E-state index contributed by atoms with van der Waals surface area (Å²) in [6.07, 6.45) is 3.03. The first-order chi connectivity index (χ1) is 8.29. The van der Waals surface area contributed by atoms with Crippen LogP contribution in [0.4, 0.5) is 5.69 Å². The van der Waals surface area contributed by atoms with Crippen LogP contribution < -0.4 is 5.73 Å². The normalized spacial score (nSPS) is 11.7. The van der Waals surface area contributed by atoms with Crippen LogP contribution in [0.25, 0.3) is 11.4 Å². The van der Waals surface area contributed by atoms with Gasteiger partial charge in [-0.05, 0) is 25.1 Å². The Kier molecular flexibility index (Phi) is 2.90. The lowest BCUT2D eigenvalue weighted by molar-refractivity contribution is 0.602. The average Bonchev–Trinajstić information content (AvgIpc) is 2.57. The van der Waals surface area contributed by atoms with Crippen LogP contribution in [0, 0.1) is 6.92 Å². The Bertz CT molecular complexity index is 702. The van der Waals surface area contributed by atoms with Crippen molar-refractivity contribution in [3.63, 3.8) is 0 Å². The topological polar surface area (TPSA) is 78.0 Å². The molecule has 2 N–H and O–H groups in total. The highest BCUT2D eigenvalue weighted by Gasteiger charge is 2.14. The average molecular weight is 265 g/mol. The molecular formula is C12H15N3O2S. The minimum atomic E-state index is -3.33. The largest absolute Gasteiger partial charge is 0.398 e. The Morgan fingerprint density at radius 3 is 2.50 bits per heavy atom. The SMILES string of the molecule is Cc1cn(C)c(-c2ccc(N)c(S(C)(=O)=O)c2)n1. The number of imidazole rings is 1. The molecule has 2 rings (SSSR count). The van der Waals surface area contributed by atoms with Gasteiger partial charge in [-0.25, -0.2) is 13.4 Å². The van der Waals surface area contributed by atoms with Crippen molar-refractivity contribution in [1.29, 1.82) is 0 Å². The highest BCUT2D eigenvalue weighted by molar-refractivity contribution is 7.90. The highest BCUT2D eigenvalue weighted by Crippen LogP contribution is 2.26. The summed E-state index contributed by atoms with van der Waals surface area (Å²) in [6.45, 7) is 1.89. The van der Waals surface area contributed by atoms with Gasteiger partial charge in [-0.3, -0.25) is 0 Å². The lowest BCUT2D eigenvalue weighted by Gasteiger charge is -2.07. The van der Waals surface area contributed by atoms with Gasteiger partial charge >= 0.3 is 0 Å². The fourth-order valence-corrected chi connectivity index (χ4v) is 2.72. The van der Waals surface area contributed by atoms with E-state index in [0.717, 1.165) is 23.3 Å². The van der Waals surface area contributed by atoms with Crippen LogP contribution >= 0.6 is 0 Å². The zero-order valence-electron chi connectivity index (χ0n) is 10.5. The third-order valence-electron chi connectivity index (χ3n) is 2.67. The number of aryl methyl sites for hydroxylation is 2. The van der Waals surface area contributed by atoms with Crippen LogP contribution in [-0.2, 0) is 16.9 Å². The number of anilines is 1. The summed E-state index contributed by atoms with van der Waals surface area (Å²) < 4.78 is 25.1. The number of nitrogens with two attached hydrogens (primary N) is 1. The smallest absolute Gasteiger partial charge is 0.177 e. The van der Waals surface area contributed by atoms with Crippen LogP contribution in [0.1, 0.15) is 5.69 Å². The monoisotopic (exact) mass is 265 g/mol. The number of sulfone groups is 1. The minimum absolute atomic E-state index is 0.139. The first kappa shape index (κ1) is 12.6. The van der Waals surface area contributed by atoms with E-state index in [-0.39, 0.29) is 10.6 Å². The minimum Gasteiger partial charge on any atom is -0.398 e. The number of hydrogen-bond acceptors (Lipinski definition) is 4. The molecule has 0 unspecified atom stereocenters. The van der Waals surface area contributed by atoms with Crippen LogP contribution in [0.15, 0.2) is 29.3 Å². The Balaban J connectivity index is 2.65. The predicted octanol–water partition coefficient (Wildman–Crippen LogP) is 1.38. The molecule has 0 aliphatic rings. The van der Waals surface area contributed by atoms with Crippen LogP contribution in [-0.4, -0.2) is 24.2 Å². The summed E-state index contributed by atoms with van der Waals surface area (Å²) in [4.78, 5) is 4.50. The zero-order valence-corrected chi connectivity index (χ0v) is 11.3. The van der Waals surface area contributed by atoms with E-state index in [1.807, 2.05) is 24.7 Å². The van der Waals surface area contributed by atoms with Gasteiger partial charge in [0.1, 0.15) is 5.82 Å². The first-order valence-electron chi connectivity index (χ1n) is 5.39. The van der Waals surface area contributed by atoms with Crippen molar-refractivity contribution in [3.05, 3.63) is 30.1 Å². The number of nitrogens with zero attached hydrogens (tertiary/aromatic N) is 2. The summed E-state index contributed by atoms with van der Waals surface area (Å²) in [5.41, 5.74) is 7.56. The standard InChI is InChI=1S/C12H15N3O2S/c1-8-7-15(2)12(14-8)9-4-5-10(13)11(6-9)18(3,16)17/h4-7H,13H2,1-3H3. The van der Waals surface area contributed by atoms with Gasteiger partial charge in [0, 0.05) is 25.1 Å². The second-order valence-corrected chi connectivity index (χ2v) is 6.33. The molecule has 1 aromatic carbocycles. The van der Waals surface area contributed by atoms with Gasteiger partial charge in [0.05, 0.1) is 16.3 Å². The molecule has 1 heterocycles. The molecule has 0 aliphatic carbocycles. The molecule has 0 fully saturated rings. The molecule has 1 aromatic heterocycles. The van der Waals surface area contributed by atoms with Gasteiger partial charge in [0.25, 0.3) is 0 Å². The van der Waals surface area contributed by atoms with Crippen molar-refractivity contribution in [1.82, 2.24) is 9.55 Å². The van der Waals surface area contributed by atoms with Gasteiger partial charge in [-0.15, -0.1) is 0 Å². The van der Waals surface area contributed by atoms with Crippen molar-refractivity contribution in [3.8, 4) is 11.4 Å². The Morgan fingerprint density at radius 1 is 1.33 bits per heavy atom. The molecule has 18 heavy (non-hydrogen) atoms. The van der Waals surface area contributed by atoms with E-state index in [4.69, 9.17) is 5.73 Å². The van der Waals surface area contributed by atoms with E-state index < -0.39 is 9.84 Å². The summed E-state index contributed by atoms with van der Waals surface area (Å²) in [5, 5.41) is 0. The van der Waals surface area contributed by atoms with E-state index in [1.54, 1.807) is 18.2 Å². The maximum absolute atomic E-state index is 11.6. The summed E-state index contributed by atoms with van der Waals surface area (Å²) >= 11 is 0. The van der Waals surface area contributed by atoms with Gasteiger partial charge < -0.3 is 10.3 Å². The van der Waals surface area contributed by atoms with E-state index in [0.29, 0.717) is 0 Å². The van der Waals surface area contributed by atoms with Gasteiger partial charge in [-0.2, -0.15) is 0 Å². The molecule has 0 radical (unpaired) electrons. The van der Waals surface area contributed by atoms with E-state index >= 15 is 0 Å². The van der Waals surface area contributed by atoms with Crippen molar-refractivity contribution in [2.75, 3.05) is 12.0 Å². The van der Waals surface area contributed by atoms with Crippen molar-refractivity contribution < 1.29 is 8.42 Å². The molecule has 0 spiro atoms. The van der Waals surface area contributed by atoms with Crippen molar-refractivity contribution >= 4 is 15.5 Å². The van der Waals surface area contributed by atoms with E-state index in [9.17, 15) is 8.42 Å². The zero-order chi connectivity index (χ0) is 13.5. The summed E-state index contributed by atoms with van der Waals surface area (Å²) in [7, 11) is -1.47. The van der Waals surface area contributed by atoms with Gasteiger partial charge in [-0.1, -0.05) is 0 Å². The second kappa shape index (κ2) is 4.13. The van der Waals surface area contributed by atoms with Crippen LogP contribution in [0.2, 0.25) is 0 Å². The van der Waals surface area contributed by atoms with Crippen molar-refractivity contribution in [2.45, 2.75) is 11.8 Å². The summed E-state index contributed by atoms with van der Waals surface area (Å²) in [6, 6.07) is 4.92. The molecule has 96 valence electrons. The number of nitrogen functional groups attached to an aromatic ring is 1. The lowest BCUT2D eigenvalue weighted by atomic mass is 10.2. The second-order valence-electron chi connectivity index (χ2n) is 4.34. The number of rotatable bonds is 2. The number of benzene rings is 1. The fraction of sp³-hybridized carbons (Fsp3) is 0.250. The highest BCUT2D eigenvalue weighted by atomic mass is 32.2. The molecule has 0 saturated heterocycles. The molecule has 0 bridgehead atoms. The molecule has 0 atom stereocenters. The van der Waals surface area contributed by atoms with E-state index in [1.165, 1.54) is 0 Å². The van der Waals surface area contributed by atoms with Crippen LogP contribution in [0.3, 0.4) is 0 Å². The Hall–Kier alpha value is -1.82. The van der Waals surface area contributed by atoms with Crippen molar-refractivity contribution in [2.24, 2.45) is 7.05 Å².